The summed E-state index contributed by atoms with van der Waals surface area (Å²) in [6, 6.07) is 20.7. The Labute approximate surface area is 200 Å². The van der Waals surface area contributed by atoms with E-state index in [0.29, 0.717) is 22.6 Å². The van der Waals surface area contributed by atoms with Gasteiger partial charge in [-0.15, -0.1) is 0 Å². The lowest BCUT2D eigenvalue weighted by atomic mass is 10.2. The predicted octanol–water partition coefficient (Wildman–Crippen LogP) is 6.40. The molecule has 3 rings (SSSR count). The molecule has 1 unspecified atom stereocenters. The first-order valence-electron chi connectivity index (χ1n) is 11.3. The van der Waals surface area contributed by atoms with Crippen LogP contribution in [-0.4, -0.2) is 31.4 Å². The van der Waals surface area contributed by atoms with Gasteiger partial charge >= 0.3 is 11.9 Å². The Bertz CT molecular complexity index is 1100. The molecular formula is C28H29NO5. The molecule has 0 fully saturated rings. The third-order valence-electron chi connectivity index (χ3n) is 5.15. The van der Waals surface area contributed by atoms with Crippen LogP contribution in [0.15, 0.2) is 77.8 Å². The van der Waals surface area contributed by atoms with Crippen LogP contribution in [-0.2, 0) is 4.74 Å². The number of hydrogen-bond acceptors (Lipinski definition) is 6. The highest BCUT2D eigenvalue weighted by Gasteiger charge is 2.13. The lowest BCUT2D eigenvalue weighted by Gasteiger charge is -2.13. The van der Waals surface area contributed by atoms with Crippen LogP contribution in [0.5, 0.6) is 11.5 Å². The van der Waals surface area contributed by atoms with Gasteiger partial charge in [0.15, 0.2) is 0 Å². The van der Waals surface area contributed by atoms with Crippen molar-refractivity contribution < 1.29 is 23.8 Å². The van der Waals surface area contributed by atoms with E-state index < -0.39 is 5.97 Å². The highest BCUT2D eigenvalue weighted by Crippen LogP contribution is 2.18. The number of carbonyl (C=O) groups is 2. The Hall–Kier alpha value is -3.93. The highest BCUT2D eigenvalue weighted by molar-refractivity contribution is 5.92. The van der Waals surface area contributed by atoms with Crippen molar-refractivity contribution in [2.75, 3.05) is 7.11 Å². The maximum Gasteiger partial charge on any atom is 0.343 e. The van der Waals surface area contributed by atoms with E-state index in [2.05, 4.69) is 11.9 Å². The minimum atomic E-state index is -0.491. The van der Waals surface area contributed by atoms with E-state index in [4.69, 9.17) is 14.2 Å². The van der Waals surface area contributed by atoms with Crippen LogP contribution >= 0.6 is 0 Å². The van der Waals surface area contributed by atoms with Crippen molar-refractivity contribution in [2.45, 2.75) is 39.2 Å². The molecule has 0 amide bonds. The van der Waals surface area contributed by atoms with Gasteiger partial charge in [-0.3, -0.25) is 4.99 Å². The van der Waals surface area contributed by atoms with Gasteiger partial charge in [-0.25, -0.2) is 9.59 Å². The van der Waals surface area contributed by atoms with Crippen LogP contribution < -0.4 is 9.47 Å². The smallest absolute Gasteiger partial charge is 0.343 e. The molecule has 0 spiro atoms. The van der Waals surface area contributed by atoms with E-state index in [1.165, 1.54) is 0 Å². The number of rotatable bonds is 10. The van der Waals surface area contributed by atoms with E-state index in [1.54, 1.807) is 61.9 Å². The topological polar surface area (TPSA) is 74.2 Å². The van der Waals surface area contributed by atoms with E-state index in [0.717, 1.165) is 30.6 Å². The Morgan fingerprint density at radius 2 is 1.44 bits per heavy atom. The Balaban J connectivity index is 1.54. The molecule has 0 bridgehead atoms. The molecule has 3 aromatic rings. The molecule has 0 heterocycles. The van der Waals surface area contributed by atoms with Gasteiger partial charge in [-0.05, 0) is 91.7 Å². The standard InChI is InChI=1S/C28H29NO5/c1-4-5-6-20(2)33-27(30)23-11-17-26(18-12-23)34-28(31)22-9-13-24(14-10-22)29-19-21-7-15-25(32-3)16-8-21/h7-20H,4-6H2,1-3H3. The zero-order valence-corrected chi connectivity index (χ0v) is 19.7. The van der Waals surface area contributed by atoms with Crippen LogP contribution in [0.3, 0.4) is 0 Å². The largest absolute Gasteiger partial charge is 0.497 e. The van der Waals surface area contributed by atoms with Gasteiger partial charge < -0.3 is 14.2 Å². The van der Waals surface area contributed by atoms with Gasteiger partial charge in [0.25, 0.3) is 0 Å². The summed E-state index contributed by atoms with van der Waals surface area (Å²) in [4.78, 5) is 29.1. The Morgan fingerprint density at radius 3 is 2.06 bits per heavy atom. The molecule has 1 atom stereocenters. The van der Waals surface area contributed by atoms with Gasteiger partial charge in [-0.1, -0.05) is 19.8 Å². The van der Waals surface area contributed by atoms with Crippen molar-refractivity contribution in [3.05, 3.63) is 89.5 Å². The average Bonchev–Trinajstić information content (AvgIpc) is 2.87. The number of carbonyl (C=O) groups excluding carboxylic acids is 2. The number of unbranched alkanes of at least 4 members (excludes halogenated alkanes) is 1. The molecule has 0 saturated carbocycles. The van der Waals surface area contributed by atoms with E-state index in [1.807, 2.05) is 31.2 Å². The lowest BCUT2D eigenvalue weighted by molar-refractivity contribution is 0.0320. The van der Waals surface area contributed by atoms with E-state index in [-0.39, 0.29) is 12.1 Å². The maximum atomic E-state index is 12.5. The van der Waals surface area contributed by atoms with Crippen molar-refractivity contribution in [2.24, 2.45) is 4.99 Å². The summed E-state index contributed by atoms with van der Waals surface area (Å²) in [7, 11) is 1.62. The molecule has 0 saturated heterocycles. The predicted molar refractivity (Wildman–Crippen MR) is 132 cm³/mol. The third kappa shape index (κ3) is 7.30. The molecule has 0 aliphatic carbocycles. The molecule has 0 aromatic heterocycles. The molecule has 0 radical (unpaired) electrons. The fraction of sp³-hybridized carbons (Fsp3) is 0.250. The average molecular weight is 460 g/mol. The molecule has 6 nitrogen and oxygen atoms in total. The molecule has 0 aliphatic rings. The molecule has 3 aromatic carbocycles. The second kappa shape index (κ2) is 12.3. The number of benzene rings is 3. The van der Waals surface area contributed by atoms with Crippen molar-refractivity contribution >= 4 is 23.8 Å². The van der Waals surface area contributed by atoms with Gasteiger partial charge in [0.1, 0.15) is 11.5 Å². The second-order valence-corrected chi connectivity index (χ2v) is 7.85. The normalized spacial score (nSPS) is 11.7. The SMILES string of the molecule is CCCCC(C)OC(=O)c1ccc(OC(=O)c2ccc(N=Cc3ccc(OC)cc3)cc2)cc1. The van der Waals surface area contributed by atoms with Crippen molar-refractivity contribution in [1.29, 1.82) is 0 Å². The number of aliphatic imine (C=N–C) groups is 1. The minimum absolute atomic E-state index is 0.131. The molecule has 6 heteroatoms. The quantitative estimate of drug-likeness (QED) is 0.199. The summed E-state index contributed by atoms with van der Waals surface area (Å²) in [6.07, 6.45) is 4.52. The van der Waals surface area contributed by atoms with E-state index >= 15 is 0 Å². The van der Waals surface area contributed by atoms with Gasteiger partial charge in [-0.2, -0.15) is 0 Å². The molecule has 34 heavy (non-hydrogen) atoms. The number of ether oxygens (including phenoxy) is 3. The van der Waals surface area contributed by atoms with Crippen LogP contribution in [0.2, 0.25) is 0 Å². The number of methoxy groups -OCH3 is 1. The minimum Gasteiger partial charge on any atom is -0.497 e. The van der Waals surface area contributed by atoms with Crippen LogP contribution in [0.25, 0.3) is 0 Å². The third-order valence-corrected chi connectivity index (χ3v) is 5.15. The maximum absolute atomic E-state index is 12.5. The molecule has 0 aliphatic heterocycles. The summed E-state index contributed by atoms with van der Waals surface area (Å²) in [5.41, 5.74) is 2.47. The zero-order chi connectivity index (χ0) is 24.3. The van der Waals surface area contributed by atoms with Gasteiger partial charge in [0.2, 0.25) is 0 Å². The summed E-state index contributed by atoms with van der Waals surface area (Å²) in [5, 5.41) is 0. The lowest BCUT2D eigenvalue weighted by Crippen LogP contribution is -2.15. The fourth-order valence-electron chi connectivity index (χ4n) is 3.15. The van der Waals surface area contributed by atoms with Crippen LogP contribution in [0.4, 0.5) is 5.69 Å². The zero-order valence-electron chi connectivity index (χ0n) is 19.7. The van der Waals surface area contributed by atoms with Crippen molar-refractivity contribution in [1.82, 2.24) is 0 Å². The summed E-state index contributed by atoms with van der Waals surface area (Å²) >= 11 is 0. The first kappa shape index (κ1) is 24.7. The van der Waals surface area contributed by atoms with Gasteiger partial charge in [0, 0.05) is 6.21 Å². The van der Waals surface area contributed by atoms with E-state index in [9.17, 15) is 9.59 Å². The molecule has 176 valence electrons. The van der Waals surface area contributed by atoms with Crippen LogP contribution in [0.1, 0.15) is 59.4 Å². The monoisotopic (exact) mass is 459 g/mol. The molecule has 0 N–H and O–H groups in total. The van der Waals surface area contributed by atoms with Crippen molar-refractivity contribution in [3.63, 3.8) is 0 Å². The Kier molecular flexibility index (Phi) is 8.97. The van der Waals surface area contributed by atoms with Crippen LogP contribution in [0, 0.1) is 0 Å². The first-order chi connectivity index (χ1) is 16.5. The first-order valence-corrected chi connectivity index (χ1v) is 11.3. The fourth-order valence-corrected chi connectivity index (χ4v) is 3.15. The number of hydrogen-bond donors (Lipinski definition) is 0. The van der Waals surface area contributed by atoms with Crippen molar-refractivity contribution in [3.8, 4) is 11.5 Å². The Morgan fingerprint density at radius 1 is 0.853 bits per heavy atom. The summed E-state index contributed by atoms with van der Waals surface area (Å²) in [5.74, 6) is 0.259. The molecular weight excluding hydrogens is 430 g/mol. The number of nitrogens with zero attached hydrogens (tertiary/aromatic N) is 1. The highest BCUT2D eigenvalue weighted by atomic mass is 16.5. The number of esters is 2. The summed E-state index contributed by atoms with van der Waals surface area (Å²) in [6.45, 7) is 3.99. The summed E-state index contributed by atoms with van der Waals surface area (Å²) < 4.78 is 16.0. The van der Waals surface area contributed by atoms with Gasteiger partial charge in [0.05, 0.1) is 30.0 Å². The second-order valence-electron chi connectivity index (χ2n) is 7.85.